The smallest absolute Gasteiger partial charge is 0.241 e. The van der Waals surface area contributed by atoms with Crippen molar-refractivity contribution >= 4 is 21.4 Å². The van der Waals surface area contributed by atoms with Crippen LogP contribution in [0.4, 0.5) is 5.69 Å². The molecule has 0 aliphatic carbocycles. The van der Waals surface area contributed by atoms with Crippen molar-refractivity contribution in [2.24, 2.45) is 0 Å². The quantitative estimate of drug-likeness (QED) is 0.843. The Kier molecular flexibility index (Phi) is 4.82. The normalized spacial score (nSPS) is 23.7. The summed E-state index contributed by atoms with van der Waals surface area (Å²) in [7, 11) is -3.20. The maximum absolute atomic E-state index is 12.9. The SMILES string of the molecule is O=C(CN1CCCCC1)N(c1ccccc1)[C@@H]1C=CS(=O)(=O)C1. The van der Waals surface area contributed by atoms with Crippen molar-refractivity contribution in [3.63, 3.8) is 0 Å². The zero-order chi connectivity index (χ0) is 16.3. The Labute approximate surface area is 137 Å². The third-order valence-electron chi connectivity index (χ3n) is 4.35. The van der Waals surface area contributed by atoms with Crippen LogP contribution in [0.5, 0.6) is 0 Å². The van der Waals surface area contributed by atoms with Crippen LogP contribution in [0, 0.1) is 0 Å². The Bertz CT molecular complexity index is 679. The molecule has 2 aliphatic heterocycles. The number of hydrogen-bond donors (Lipinski definition) is 0. The van der Waals surface area contributed by atoms with Crippen molar-refractivity contribution in [2.45, 2.75) is 25.3 Å². The zero-order valence-electron chi connectivity index (χ0n) is 13.1. The van der Waals surface area contributed by atoms with Crippen molar-refractivity contribution in [2.75, 3.05) is 30.3 Å². The van der Waals surface area contributed by atoms with Gasteiger partial charge < -0.3 is 4.90 Å². The van der Waals surface area contributed by atoms with Gasteiger partial charge in [0.05, 0.1) is 18.3 Å². The number of carbonyl (C=O) groups excluding carboxylic acids is 1. The first kappa shape index (κ1) is 16.2. The highest BCUT2D eigenvalue weighted by Gasteiger charge is 2.32. The van der Waals surface area contributed by atoms with Crippen molar-refractivity contribution in [1.82, 2.24) is 4.90 Å². The first-order valence-electron chi connectivity index (χ1n) is 8.06. The number of amides is 1. The fraction of sp³-hybridized carbons (Fsp3) is 0.471. The molecule has 0 bridgehead atoms. The lowest BCUT2D eigenvalue weighted by Gasteiger charge is -2.32. The van der Waals surface area contributed by atoms with E-state index in [9.17, 15) is 13.2 Å². The third kappa shape index (κ3) is 4.00. The van der Waals surface area contributed by atoms with Crippen LogP contribution in [-0.2, 0) is 14.6 Å². The van der Waals surface area contributed by atoms with E-state index in [2.05, 4.69) is 4.90 Å². The lowest BCUT2D eigenvalue weighted by molar-refractivity contribution is -0.120. The summed E-state index contributed by atoms with van der Waals surface area (Å²) in [5, 5.41) is 1.22. The van der Waals surface area contributed by atoms with E-state index >= 15 is 0 Å². The van der Waals surface area contributed by atoms with Crippen LogP contribution >= 0.6 is 0 Å². The van der Waals surface area contributed by atoms with Crippen LogP contribution in [-0.4, -0.2) is 50.7 Å². The van der Waals surface area contributed by atoms with E-state index in [0.717, 1.165) is 31.6 Å². The number of nitrogens with zero attached hydrogens (tertiary/aromatic N) is 2. The van der Waals surface area contributed by atoms with Crippen molar-refractivity contribution < 1.29 is 13.2 Å². The second-order valence-electron chi connectivity index (χ2n) is 6.16. The maximum Gasteiger partial charge on any atom is 0.241 e. The molecular formula is C17H22N2O3S. The molecule has 0 radical (unpaired) electrons. The standard InChI is InChI=1S/C17H22N2O3S/c20-17(13-18-10-5-2-6-11-18)19(15-7-3-1-4-8-15)16-9-12-23(21,22)14-16/h1,3-4,7-9,12,16H,2,5-6,10-11,13-14H2/t16-/m1/s1. The number of sulfone groups is 1. The number of hydrogen-bond acceptors (Lipinski definition) is 4. The molecule has 2 heterocycles. The fourth-order valence-electron chi connectivity index (χ4n) is 3.21. The van der Waals surface area contributed by atoms with Gasteiger partial charge in [-0.25, -0.2) is 8.42 Å². The van der Waals surface area contributed by atoms with Gasteiger partial charge in [0.1, 0.15) is 0 Å². The molecular weight excluding hydrogens is 312 g/mol. The van der Waals surface area contributed by atoms with E-state index in [1.54, 1.807) is 11.0 Å². The van der Waals surface area contributed by atoms with E-state index in [0.29, 0.717) is 6.54 Å². The molecule has 6 heteroatoms. The van der Waals surface area contributed by atoms with Gasteiger partial charge in [0.2, 0.25) is 5.91 Å². The highest BCUT2D eigenvalue weighted by atomic mass is 32.2. The molecule has 0 spiro atoms. The van der Waals surface area contributed by atoms with Crippen LogP contribution in [0.25, 0.3) is 0 Å². The Morgan fingerprint density at radius 3 is 2.43 bits per heavy atom. The average molecular weight is 334 g/mol. The third-order valence-corrected chi connectivity index (χ3v) is 5.73. The van der Waals surface area contributed by atoms with Crippen LogP contribution < -0.4 is 4.90 Å². The summed E-state index contributed by atoms with van der Waals surface area (Å²) in [5.41, 5.74) is 0.751. The highest BCUT2D eigenvalue weighted by Crippen LogP contribution is 2.23. The van der Waals surface area contributed by atoms with Crippen LogP contribution in [0.1, 0.15) is 19.3 Å². The molecule has 1 amide bonds. The van der Waals surface area contributed by atoms with Crippen molar-refractivity contribution in [1.29, 1.82) is 0 Å². The van der Waals surface area contributed by atoms with Gasteiger partial charge >= 0.3 is 0 Å². The Morgan fingerprint density at radius 2 is 1.83 bits per heavy atom. The summed E-state index contributed by atoms with van der Waals surface area (Å²) in [6.45, 7) is 2.22. The summed E-state index contributed by atoms with van der Waals surface area (Å²) in [6, 6.07) is 8.91. The van der Waals surface area contributed by atoms with Gasteiger partial charge in [-0.2, -0.15) is 0 Å². The molecule has 0 saturated carbocycles. The number of anilines is 1. The van der Waals surface area contributed by atoms with Gasteiger partial charge in [-0.3, -0.25) is 9.69 Å². The topological polar surface area (TPSA) is 57.7 Å². The zero-order valence-corrected chi connectivity index (χ0v) is 13.9. The van der Waals surface area contributed by atoms with Crippen LogP contribution in [0.3, 0.4) is 0 Å². The van der Waals surface area contributed by atoms with Crippen molar-refractivity contribution in [3.8, 4) is 0 Å². The van der Waals surface area contributed by atoms with Crippen molar-refractivity contribution in [3.05, 3.63) is 41.8 Å². The Hall–Kier alpha value is -1.66. The maximum atomic E-state index is 12.9. The largest absolute Gasteiger partial charge is 0.303 e. The molecule has 1 aromatic rings. The molecule has 0 aromatic heterocycles. The molecule has 1 fully saturated rings. The lowest BCUT2D eigenvalue weighted by atomic mass is 10.1. The molecule has 0 N–H and O–H groups in total. The first-order chi connectivity index (χ1) is 11.1. The van der Waals surface area contributed by atoms with E-state index in [1.165, 1.54) is 11.8 Å². The number of likely N-dealkylation sites (tertiary alicyclic amines) is 1. The minimum Gasteiger partial charge on any atom is -0.303 e. The van der Waals surface area contributed by atoms with E-state index in [-0.39, 0.29) is 11.7 Å². The van der Waals surface area contributed by atoms with E-state index in [1.807, 2.05) is 30.3 Å². The molecule has 1 atom stereocenters. The summed E-state index contributed by atoms with van der Waals surface area (Å²) < 4.78 is 23.5. The van der Waals surface area contributed by atoms with Crippen LogP contribution in [0.2, 0.25) is 0 Å². The molecule has 124 valence electrons. The molecule has 1 saturated heterocycles. The molecule has 2 aliphatic rings. The van der Waals surface area contributed by atoms with Gasteiger partial charge in [-0.15, -0.1) is 0 Å². The molecule has 5 nitrogen and oxygen atoms in total. The highest BCUT2D eigenvalue weighted by molar-refractivity contribution is 7.94. The number of para-hydroxylation sites is 1. The monoisotopic (exact) mass is 334 g/mol. The van der Waals surface area contributed by atoms with E-state index in [4.69, 9.17) is 0 Å². The first-order valence-corrected chi connectivity index (χ1v) is 9.77. The summed E-state index contributed by atoms with van der Waals surface area (Å²) in [6.07, 6.45) is 5.08. The van der Waals surface area contributed by atoms with Gasteiger partial charge in [0.25, 0.3) is 0 Å². The average Bonchev–Trinajstić information content (AvgIpc) is 2.89. The number of rotatable bonds is 4. The summed E-state index contributed by atoms with van der Waals surface area (Å²) in [4.78, 5) is 16.7. The predicted molar refractivity (Wildman–Crippen MR) is 90.9 cm³/mol. The van der Waals surface area contributed by atoms with Gasteiger partial charge in [-0.05, 0) is 44.1 Å². The van der Waals surface area contributed by atoms with Crippen LogP contribution in [0.15, 0.2) is 41.8 Å². The number of piperidine rings is 1. The Morgan fingerprint density at radius 1 is 1.13 bits per heavy atom. The Balaban J connectivity index is 1.80. The second-order valence-corrected chi connectivity index (χ2v) is 8.09. The minimum absolute atomic E-state index is 0.0341. The summed E-state index contributed by atoms with van der Waals surface area (Å²) >= 11 is 0. The number of benzene rings is 1. The molecule has 0 unspecified atom stereocenters. The number of carbonyl (C=O) groups is 1. The molecule has 23 heavy (non-hydrogen) atoms. The second kappa shape index (κ2) is 6.84. The minimum atomic E-state index is -3.20. The van der Waals surface area contributed by atoms with E-state index < -0.39 is 15.9 Å². The molecule has 1 aromatic carbocycles. The predicted octanol–water partition coefficient (Wildman–Crippen LogP) is 1.82. The fourth-order valence-corrected chi connectivity index (χ4v) is 4.48. The molecule has 3 rings (SSSR count). The van der Waals surface area contributed by atoms with Gasteiger partial charge in [-0.1, -0.05) is 24.6 Å². The van der Waals surface area contributed by atoms with Gasteiger partial charge in [0.15, 0.2) is 9.84 Å². The lowest BCUT2D eigenvalue weighted by Crippen LogP contribution is -2.47. The summed E-state index contributed by atoms with van der Waals surface area (Å²) in [5.74, 6) is -0.0713. The van der Waals surface area contributed by atoms with Gasteiger partial charge in [0, 0.05) is 11.1 Å².